The van der Waals surface area contributed by atoms with Crippen LogP contribution < -0.4 is 0 Å². The normalized spacial score (nSPS) is 9.20. The second-order valence-corrected chi connectivity index (χ2v) is 2.81. The summed E-state index contributed by atoms with van der Waals surface area (Å²) in [5, 5.41) is 21.8. The van der Waals surface area contributed by atoms with Gasteiger partial charge in [-0.15, -0.1) is 0 Å². The second kappa shape index (κ2) is 3.65. The smallest absolute Gasteiger partial charge is 0.101 e. The van der Waals surface area contributed by atoms with Gasteiger partial charge in [0.1, 0.15) is 17.8 Å². The van der Waals surface area contributed by atoms with Gasteiger partial charge < -0.3 is 0 Å². The van der Waals surface area contributed by atoms with Crippen LogP contribution in [-0.2, 0) is 0 Å². The van der Waals surface area contributed by atoms with Crippen molar-refractivity contribution in [3.63, 3.8) is 0 Å². The number of benzene rings is 1. The number of hydrogen-bond donors (Lipinski definition) is 0. The fourth-order valence-electron chi connectivity index (χ4n) is 1.33. The Bertz CT molecular complexity index is 523. The molecule has 0 aliphatic heterocycles. The molecule has 0 N–H and O–H groups in total. The fourth-order valence-corrected chi connectivity index (χ4v) is 1.33. The van der Waals surface area contributed by atoms with Crippen LogP contribution >= 0.6 is 0 Å². The molecule has 0 bridgehead atoms. The molecule has 1 heterocycles. The molecule has 1 aromatic carbocycles. The highest BCUT2D eigenvalue weighted by Gasteiger charge is 2.09. The molecule has 2 aromatic rings. The molecule has 0 amide bonds. The van der Waals surface area contributed by atoms with Crippen molar-refractivity contribution < 1.29 is 0 Å². The van der Waals surface area contributed by atoms with Crippen molar-refractivity contribution in [2.45, 2.75) is 0 Å². The quantitative estimate of drug-likeness (QED) is 0.687. The van der Waals surface area contributed by atoms with Crippen molar-refractivity contribution in [2.24, 2.45) is 0 Å². The minimum atomic E-state index is 0.422. The first-order chi connectivity index (χ1) is 7.36. The molecule has 0 atom stereocenters. The number of hydrogen-bond acceptors (Lipinski definition) is 3. The molecule has 0 aliphatic rings. The van der Waals surface area contributed by atoms with Crippen LogP contribution in [0, 0.1) is 28.7 Å². The number of para-hydroxylation sites is 1. The van der Waals surface area contributed by atoms with E-state index in [0.29, 0.717) is 16.8 Å². The molecule has 0 spiro atoms. The van der Waals surface area contributed by atoms with Crippen LogP contribution in [0.2, 0.25) is 0 Å². The molecule has 15 heavy (non-hydrogen) atoms. The van der Waals surface area contributed by atoms with Crippen molar-refractivity contribution in [3.05, 3.63) is 47.8 Å². The Morgan fingerprint density at radius 2 is 1.87 bits per heavy atom. The van der Waals surface area contributed by atoms with Crippen LogP contribution in [0.1, 0.15) is 11.1 Å². The summed E-state index contributed by atoms with van der Waals surface area (Å²) >= 11 is 0. The lowest BCUT2D eigenvalue weighted by Gasteiger charge is -2.05. The third-order valence-corrected chi connectivity index (χ3v) is 1.96. The Kier molecular flexibility index (Phi) is 2.19. The van der Waals surface area contributed by atoms with Gasteiger partial charge in [-0.2, -0.15) is 15.6 Å². The molecule has 0 saturated heterocycles. The van der Waals surface area contributed by atoms with Crippen LogP contribution in [0.5, 0.6) is 0 Å². The number of nitriles is 2. The highest BCUT2D eigenvalue weighted by molar-refractivity contribution is 5.58. The van der Waals surface area contributed by atoms with Gasteiger partial charge in [0.2, 0.25) is 0 Å². The summed E-state index contributed by atoms with van der Waals surface area (Å²) in [6, 6.07) is 11.8. The number of nitrogens with zero attached hydrogens (tertiary/aromatic N) is 4. The van der Waals surface area contributed by atoms with E-state index in [0.717, 1.165) is 0 Å². The van der Waals surface area contributed by atoms with Crippen LogP contribution in [0.3, 0.4) is 0 Å². The molecular weight excluding hydrogens is 188 g/mol. The maximum atomic E-state index is 8.93. The standard InChI is InChI=1S/C11H5N4/c12-7-9-3-1-4-10(8-13)11(9)15-6-2-5-14-15/h1,3-6H. The lowest BCUT2D eigenvalue weighted by atomic mass is 10.1. The third-order valence-electron chi connectivity index (χ3n) is 1.96. The van der Waals surface area contributed by atoms with Crippen molar-refractivity contribution >= 4 is 0 Å². The molecule has 0 aliphatic carbocycles. The van der Waals surface area contributed by atoms with E-state index in [1.54, 1.807) is 24.4 Å². The van der Waals surface area contributed by atoms with E-state index in [2.05, 4.69) is 11.2 Å². The zero-order valence-corrected chi connectivity index (χ0v) is 7.68. The topological polar surface area (TPSA) is 65.4 Å². The first kappa shape index (κ1) is 8.98. The first-order valence-corrected chi connectivity index (χ1v) is 4.21. The van der Waals surface area contributed by atoms with Crippen molar-refractivity contribution in [1.82, 2.24) is 9.78 Å². The molecule has 0 saturated carbocycles. The van der Waals surface area contributed by atoms with E-state index in [1.807, 2.05) is 12.1 Å². The summed E-state index contributed by atoms with van der Waals surface area (Å²) in [7, 11) is 0. The molecule has 69 valence electrons. The SMILES string of the molecule is N#Cc1cccc(C#N)c1-n1c[c]cn1. The molecule has 1 radical (unpaired) electrons. The molecule has 1 aromatic heterocycles. The van der Waals surface area contributed by atoms with Crippen LogP contribution in [0.4, 0.5) is 0 Å². The molecule has 0 unspecified atom stereocenters. The van der Waals surface area contributed by atoms with E-state index in [1.165, 1.54) is 10.9 Å². The summed E-state index contributed by atoms with van der Waals surface area (Å²) in [6.45, 7) is 0. The molecule has 2 rings (SSSR count). The largest absolute Gasteiger partial charge is 0.238 e. The monoisotopic (exact) mass is 193 g/mol. The molecule has 4 heteroatoms. The van der Waals surface area contributed by atoms with Gasteiger partial charge in [-0.25, -0.2) is 4.68 Å². The Hall–Kier alpha value is -2.59. The average Bonchev–Trinajstić information content (AvgIpc) is 2.81. The Labute approximate surface area is 86.6 Å². The summed E-state index contributed by atoms with van der Waals surface area (Å²) in [5.41, 5.74) is 1.35. The van der Waals surface area contributed by atoms with Gasteiger partial charge in [0.05, 0.1) is 17.3 Å². The van der Waals surface area contributed by atoms with E-state index >= 15 is 0 Å². The highest BCUT2D eigenvalue weighted by Crippen LogP contribution is 2.17. The van der Waals surface area contributed by atoms with E-state index in [4.69, 9.17) is 10.5 Å². The minimum absolute atomic E-state index is 0.422. The van der Waals surface area contributed by atoms with Crippen molar-refractivity contribution in [3.8, 4) is 17.8 Å². The summed E-state index contributed by atoms with van der Waals surface area (Å²) in [6.07, 6.45) is 3.06. The van der Waals surface area contributed by atoms with Crippen LogP contribution in [0.25, 0.3) is 5.69 Å². The minimum Gasteiger partial charge on any atom is -0.238 e. The number of aromatic nitrogens is 2. The maximum absolute atomic E-state index is 8.93. The number of rotatable bonds is 1. The zero-order valence-electron chi connectivity index (χ0n) is 7.68. The van der Waals surface area contributed by atoms with Gasteiger partial charge in [0, 0.05) is 12.3 Å². The van der Waals surface area contributed by atoms with E-state index in [9.17, 15) is 0 Å². The maximum Gasteiger partial charge on any atom is 0.101 e. The summed E-state index contributed by atoms with van der Waals surface area (Å²) in [5.74, 6) is 0. The van der Waals surface area contributed by atoms with Crippen molar-refractivity contribution in [1.29, 1.82) is 10.5 Å². The summed E-state index contributed by atoms with van der Waals surface area (Å²) < 4.78 is 1.47. The van der Waals surface area contributed by atoms with Gasteiger partial charge in [0.15, 0.2) is 0 Å². The van der Waals surface area contributed by atoms with Gasteiger partial charge in [-0.1, -0.05) is 6.07 Å². The zero-order chi connectivity index (χ0) is 10.7. The average molecular weight is 193 g/mol. The molecule has 0 fully saturated rings. The second-order valence-electron chi connectivity index (χ2n) is 2.81. The predicted molar refractivity (Wildman–Crippen MR) is 51.8 cm³/mol. The Morgan fingerprint density at radius 3 is 2.33 bits per heavy atom. The van der Waals surface area contributed by atoms with Gasteiger partial charge in [-0.05, 0) is 12.1 Å². The first-order valence-electron chi connectivity index (χ1n) is 4.21. The summed E-state index contributed by atoms with van der Waals surface area (Å²) in [4.78, 5) is 0. The lowest BCUT2D eigenvalue weighted by molar-refractivity contribution is 0.874. The Balaban J connectivity index is 2.75. The van der Waals surface area contributed by atoms with Gasteiger partial charge in [0.25, 0.3) is 0 Å². The van der Waals surface area contributed by atoms with Gasteiger partial charge in [-0.3, -0.25) is 0 Å². The fraction of sp³-hybridized carbons (Fsp3) is 0. The lowest BCUT2D eigenvalue weighted by Crippen LogP contribution is -2.01. The van der Waals surface area contributed by atoms with Gasteiger partial charge >= 0.3 is 0 Å². The van der Waals surface area contributed by atoms with E-state index in [-0.39, 0.29) is 0 Å². The van der Waals surface area contributed by atoms with Crippen LogP contribution in [0.15, 0.2) is 30.6 Å². The Morgan fingerprint density at radius 1 is 1.20 bits per heavy atom. The molecule has 4 nitrogen and oxygen atoms in total. The third kappa shape index (κ3) is 1.45. The highest BCUT2D eigenvalue weighted by atomic mass is 15.3. The van der Waals surface area contributed by atoms with Crippen molar-refractivity contribution in [2.75, 3.05) is 0 Å². The van der Waals surface area contributed by atoms with Crippen LogP contribution in [-0.4, -0.2) is 9.78 Å². The molecular formula is C11H5N4. The van der Waals surface area contributed by atoms with E-state index < -0.39 is 0 Å². The predicted octanol–water partition coefficient (Wildman–Crippen LogP) is 1.42.